The summed E-state index contributed by atoms with van der Waals surface area (Å²) in [4.78, 5) is 22.8. The van der Waals surface area contributed by atoms with Crippen LogP contribution >= 0.6 is 0 Å². The molecule has 0 radical (unpaired) electrons. The molecule has 1 saturated heterocycles. The molecule has 3 heterocycles. The number of aliphatic hydroxyl groups excluding tert-OH is 2. The lowest BCUT2D eigenvalue weighted by Gasteiger charge is -2.22. The number of aromatic amines is 1. The number of imidazole rings is 1. The van der Waals surface area contributed by atoms with Crippen LogP contribution in [0.2, 0.25) is 0 Å². The Morgan fingerprint density at radius 1 is 1.03 bits per heavy atom. The zero-order valence-corrected chi connectivity index (χ0v) is 21.7. The van der Waals surface area contributed by atoms with E-state index >= 15 is 0 Å². The highest BCUT2D eigenvalue weighted by molar-refractivity contribution is 5.70. The summed E-state index contributed by atoms with van der Waals surface area (Å²) in [6, 6.07) is 0. The number of nitrogens with two attached hydrogens (primary N) is 1. The fourth-order valence-corrected chi connectivity index (χ4v) is 4.92. The van der Waals surface area contributed by atoms with Crippen LogP contribution in [0.4, 0.5) is 5.95 Å². The van der Waals surface area contributed by atoms with Gasteiger partial charge in [0.2, 0.25) is 5.95 Å². The minimum Gasteiger partial charge on any atom is -0.394 e. The van der Waals surface area contributed by atoms with E-state index in [0.29, 0.717) is 6.61 Å². The number of ether oxygens (including phenoxy) is 2. The number of H-pyrrole nitrogens is 1. The Labute approximate surface area is 213 Å². The van der Waals surface area contributed by atoms with Gasteiger partial charge < -0.3 is 25.4 Å². The van der Waals surface area contributed by atoms with E-state index in [1.54, 1.807) is 0 Å². The zero-order chi connectivity index (χ0) is 25.8. The molecule has 0 aromatic carbocycles. The van der Waals surface area contributed by atoms with Crippen molar-refractivity contribution in [3.05, 3.63) is 16.7 Å². The van der Waals surface area contributed by atoms with Crippen molar-refractivity contribution in [3.63, 3.8) is 0 Å². The van der Waals surface area contributed by atoms with Gasteiger partial charge in [0.05, 0.1) is 12.9 Å². The predicted molar refractivity (Wildman–Crippen MR) is 140 cm³/mol. The maximum Gasteiger partial charge on any atom is 0.280 e. The monoisotopic (exact) mass is 507 g/mol. The second-order valence-electron chi connectivity index (χ2n) is 9.95. The van der Waals surface area contributed by atoms with E-state index in [2.05, 4.69) is 21.9 Å². The average Bonchev–Trinajstić information content (AvgIpc) is 3.42. The third-order valence-electron chi connectivity index (χ3n) is 7.03. The molecular weight excluding hydrogens is 462 g/mol. The molecule has 0 spiro atoms. The number of fused-ring (bicyclic) bond motifs is 1. The Bertz CT molecular complexity index is 948. The van der Waals surface area contributed by atoms with Crippen LogP contribution in [0.5, 0.6) is 0 Å². The van der Waals surface area contributed by atoms with Gasteiger partial charge in [0.15, 0.2) is 17.4 Å². The van der Waals surface area contributed by atoms with Crippen LogP contribution in [0.15, 0.2) is 11.1 Å². The standard InChI is InChI=1S/C26H45N5O5/c1-2-3-4-5-6-7-8-9-10-11-12-13-14-15-16-35-22-21(33)19(17-32)36-25(22)31-18-28-20-23(31)29-26(27)30-24(20)34/h18-19,21-22,25,32-33H,2-17H2,1H3,(H3,27,29,30,34)/t19-,21+,22?,25-/m1/s1. The molecule has 10 heteroatoms. The predicted octanol–water partition coefficient (Wildman–Crippen LogP) is 3.82. The lowest BCUT2D eigenvalue weighted by atomic mass is 10.0. The number of rotatable bonds is 18. The van der Waals surface area contributed by atoms with Crippen LogP contribution in [0.3, 0.4) is 0 Å². The van der Waals surface area contributed by atoms with Crippen LogP contribution in [0, 0.1) is 0 Å². The summed E-state index contributed by atoms with van der Waals surface area (Å²) in [7, 11) is 0. The van der Waals surface area contributed by atoms with Crippen LogP contribution in [-0.2, 0) is 9.47 Å². The largest absolute Gasteiger partial charge is 0.394 e. The molecule has 1 aliphatic rings. The van der Waals surface area contributed by atoms with Gasteiger partial charge in [-0.15, -0.1) is 0 Å². The second-order valence-corrected chi connectivity index (χ2v) is 9.95. The molecule has 2 aromatic rings. The van der Waals surface area contributed by atoms with E-state index in [1.807, 2.05) is 0 Å². The Hall–Kier alpha value is -2.01. The Morgan fingerprint density at radius 2 is 1.61 bits per heavy atom. The number of nitrogen functional groups attached to an aromatic ring is 1. The number of anilines is 1. The molecule has 10 nitrogen and oxygen atoms in total. The van der Waals surface area contributed by atoms with Crippen LogP contribution < -0.4 is 11.3 Å². The summed E-state index contributed by atoms with van der Waals surface area (Å²) in [5.41, 5.74) is 5.62. The number of aliphatic hydroxyl groups is 2. The number of nitrogens with one attached hydrogen (secondary N) is 1. The smallest absolute Gasteiger partial charge is 0.280 e. The van der Waals surface area contributed by atoms with Crippen molar-refractivity contribution >= 4 is 17.1 Å². The molecule has 0 saturated carbocycles. The normalized spacial score (nSPS) is 22.1. The molecular formula is C26H45N5O5. The summed E-state index contributed by atoms with van der Waals surface area (Å²) in [5, 5.41) is 20.3. The van der Waals surface area contributed by atoms with E-state index in [0.717, 1.165) is 12.8 Å². The van der Waals surface area contributed by atoms with Crippen LogP contribution in [0.1, 0.15) is 103 Å². The van der Waals surface area contributed by atoms with Crippen molar-refractivity contribution in [3.8, 4) is 0 Å². The first-order valence-electron chi connectivity index (χ1n) is 13.8. The van der Waals surface area contributed by atoms with Gasteiger partial charge in [0.1, 0.15) is 18.3 Å². The topological polar surface area (TPSA) is 149 Å². The highest BCUT2D eigenvalue weighted by atomic mass is 16.6. The number of nitrogens with zero attached hydrogens (tertiary/aromatic N) is 3. The summed E-state index contributed by atoms with van der Waals surface area (Å²) >= 11 is 0. The van der Waals surface area contributed by atoms with Crippen molar-refractivity contribution in [2.24, 2.45) is 0 Å². The molecule has 1 unspecified atom stereocenters. The maximum atomic E-state index is 12.1. The summed E-state index contributed by atoms with van der Waals surface area (Å²) in [5.74, 6) is -0.0358. The first-order chi connectivity index (χ1) is 17.6. The molecule has 3 rings (SSSR count). The Balaban J connectivity index is 1.35. The van der Waals surface area contributed by atoms with Gasteiger partial charge >= 0.3 is 0 Å². The fourth-order valence-electron chi connectivity index (χ4n) is 4.92. The zero-order valence-electron chi connectivity index (χ0n) is 21.7. The van der Waals surface area contributed by atoms with Gasteiger partial charge in [0.25, 0.3) is 5.56 Å². The fraction of sp³-hybridized carbons (Fsp3) is 0.808. The number of aromatic nitrogens is 4. The van der Waals surface area contributed by atoms with E-state index in [9.17, 15) is 15.0 Å². The number of unbranched alkanes of at least 4 members (excludes halogenated alkanes) is 13. The third kappa shape index (κ3) is 7.99. The lowest BCUT2D eigenvalue weighted by Crippen LogP contribution is -2.35. The van der Waals surface area contributed by atoms with Gasteiger partial charge in [-0.1, -0.05) is 90.4 Å². The van der Waals surface area contributed by atoms with Crippen molar-refractivity contribution in [2.45, 2.75) is 121 Å². The molecule has 0 aliphatic carbocycles. The molecule has 204 valence electrons. The van der Waals surface area contributed by atoms with Crippen molar-refractivity contribution in [1.82, 2.24) is 19.5 Å². The lowest BCUT2D eigenvalue weighted by molar-refractivity contribution is -0.0711. The average molecular weight is 508 g/mol. The summed E-state index contributed by atoms with van der Waals surface area (Å²) < 4.78 is 13.4. The molecule has 4 atom stereocenters. The van der Waals surface area contributed by atoms with Crippen LogP contribution in [0.25, 0.3) is 11.2 Å². The van der Waals surface area contributed by atoms with Crippen molar-refractivity contribution in [2.75, 3.05) is 18.9 Å². The summed E-state index contributed by atoms with van der Waals surface area (Å²) in [6.07, 6.45) is 16.0. The molecule has 0 bridgehead atoms. The van der Waals surface area contributed by atoms with Crippen molar-refractivity contribution in [1.29, 1.82) is 0 Å². The van der Waals surface area contributed by atoms with Crippen molar-refractivity contribution < 1.29 is 19.7 Å². The van der Waals surface area contributed by atoms with E-state index in [-0.39, 0.29) is 23.7 Å². The number of hydrogen-bond donors (Lipinski definition) is 4. The molecule has 0 amide bonds. The highest BCUT2D eigenvalue weighted by Crippen LogP contribution is 2.33. The molecule has 1 aliphatic heterocycles. The van der Waals surface area contributed by atoms with Gasteiger partial charge in [0, 0.05) is 6.61 Å². The summed E-state index contributed by atoms with van der Waals surface area (Å²) in [6.45, 7) is 2.38. The molecule has 36 heavy (non-hydrogen) atoms. The van der Waals surface area contributed by atoms with Gasteiger partial charge in [-0.05, 0) is 6.42 Å². The second kappa shape index (κ2) is 15.3. The number of hydrogen-bond acceptors (Lipinski definition) is 8. The SMILES string of the molecule is CCCCCCCCCCCCCCCCOC1[C@@H](O)[C@@H](CO)O[C@H]1n1cnc2c(=O)[nH]c(N)nc21. The molecule has 1 fully saturated rings. The van der Waals surface area contributed by atoms with Gasteiger partial charge in [-0.2, -0.15) is 4.98 Å². The Morgan fingerprint density at radius 3 is 2.19 bits per heavy atom. The van der Waals surface area contributed by atoms with Crippen LogP contribution in [-0.4, -0.2) is 61.3 Å². The molecule has 5 N–H and O–H groups in total. The third-order valence-corrected chi connectivity index (χ3v) is 7.03. The van der Waals surface area contributed by atoms with E-state index in [4.69, 9.17) is 15.2 Å². The minimum atomic E-state index is -1.01. The quantitative estimate of drug-likeness (QED) is 0.223. The van der Waals surface area contributed by atoms with E-state index < -0.39 is 30.1 Å². The van der Waals surface area contributed by atoms with Gasteiger partial charge in [-0.25, -0.2) is 4.98 Å². The highest BCUT2D eigenvalue weighted by Gasteiger charge is 2.45. The first kappa shape index (κ1) is 28.6. The van der Waals surface area contributed by atoms with Gasteiger partial charge in [-0.3, -0.25) is 14.3 Å². The maximum absolute atomic E-state index is 12.1. The minimum absolute atomic E-state index is 0.0358. The van der Waals surface area contributed by atoms with E-state index in [1.165, 1.54) is 87.9 Å². The first-order valence-corrected chi connectivity index (χ1v) is 13.8. The Kier molecular flexibility index (Phi) is 12.1. The molecule has 2 aromatic heterocycles.